The van der Waals surface area contributed by atoms with Crippen LogP contribution in [0.3, 0.4) is 0 Å². The summed E-state index contributed by atoms with van der Waals surface area (Å²) in [5, 5.41) is 3.10. The van der Waals surface area contributed by atoms with Crippen LogP contribution in [0.5, 0.6) is 0 Å². The van der Waals surface area contributed by atoms with E-state index in [2.05, 4.69) is 10.3 Å². The fourth-order valence-electron chi connectivity index (χ4n) is 1.93. The van der Waals surface area contributed by atoms with Crippen molar-refractivity contribution in [2.45, 2.75) is 71.6 Å². The van der Waals surface area contributed by atoms with E-state index in [9.17, 15) is 9.59 Å². The topological polar surface area (TPSA) is 77.5 Å². The number of carbonyl (C=O) groups excluding carboxylic acids is 2. The average molecular weight is 336 g/mol. The lowest BCUT2D eigenvalue weighted by Crippen LogP contribution is -2.37. The zero-order valence-electron chi connectivity index (χ0n) is 15.4. The summed E-state index contributed by atoms with van der Waals surface area (Å²) < 4.78 is 10.7. The van der Waals surface area contributed by atoms with Crippen molar-refractivity contribution >= 4 is 17.6 Å². The summed E-state index contributed by atoms with van der Waals surface area (Å²) in [6.45, 7) is 10.9. The second-order valence-corrected chi connectivity index (χ2v) is 7.59. The summed E-state index contributed by atoms with van der Waals surface area (Å²) in [6.07, 6.45) is 3.66. The van der Waals surface area contributed by atoms with Gasteiger partial charge in [-0.05, 0) is 60.1 Å². The quantitative estimate of drug-likeness (QED) is 0.803. The summed E-state index contributed by atoms with van der Waals surface area (Å²) in [4.78, 5) is 28.3. The molecule has 1 aromatic rings. The first-order valence-electron chi connectivity index (χ1n) is 8.07. The molecule has 0 unspecified atom stereocenters. The summed E-state index contributed by atoms with van der Waals surface area (Å²) in [6, 6.07) is 2.87. The number of ether oxygens (including phenoxy) is 2. The van der Waals surface area contributed by atoms with Crippen LogP contribution in [0.2, 0.25) is 0 Å². The number of rotatable bonds is 6. The van der Waals surface area contributed by atoms with Gasteiger partial charge in [0.1, 0.15) is 17.2 Å². The lowest BCUT2D eigenvalue weighted by Gasteiger charge is -2.25. The lowest BCUT2D eigenvalue weighted by molar-refractivity contribution is -0.157. The summed E-state index contributed by atoms with van der Waals surface area (Å²) in [5.41, 5.74) is -0.400. The predicted octanol–water partition coefficient (Wildman–Crippen LogP) is 3.33. The first-order chi connectivity index (χ1) is 11.0. The molecule has 0 spiro atoms. The van der Waals surface area contributed by atoms with E-state index in [1.165, 1.54) is 0 Å². The summed E-state index contributed by atoms with van der Waals surface area (Å²) in [7, 11) is 0. The number of carbonyl (C=O) groups is 2. The van der Waals surface area contributed by atoms with Gasteiger partial charge >= 0.3 is 11.9 Å². The highest BCUT2D eigenvalue weighted by molar-refractivity contribution is 5.80. The SMILES string of the molecule is CC(C)(C)OC(=O)CC[C@H](Nc1ccncc1)C(=O)OC(C)(C)C. The van der Waals surface area contributed by atoms with Gasteiger partial charge in [0, 0.05) is 24.5 Å². The lowest BCUT2D eigenvalue weighted by atomic mass is 10.1. The maximum atomic E-state index is 12.4. The van der Waals surface area contributed by atoms with Crippen molar-refractivity contribution in [2.24, 2.45) is 0 Å². The van der Waals surface area contributed by atoms with E-state index in [0.29, 0.717) is 0 Å². The van der Waals surface area contributed by atoms with Gasteiger partial charge in [-0.3, -0.25) is 9.78 Å². The van der Waals surface area contributed by atoms with E-state index in [1.807, 2.05) is 41.5 Å². The molecule has 0 aromatic carbocycles. The molecule has 1 heterocycles. The first kappa shape index (κ1) is 19.9. The maximum absolute atomic E-state index is 12.4. The molecule has 1 N–H and O–H groups in total. The number of hydrogen-bond acceptors (Lipinski definition) is 6. The Balaban J connectivity index is 2.74. The van der Waals surface area contributed by atoms with Crippen LogP contribution in [-0.2, 0) is 19.1 Å². The van der Waals surface area contributed by atoms with Crippen LogP contribution in [0, 0.1) is 0 Å². The highest BCUT2D eigenvalue weighted by Crippen LogP contribution is 2.16. The molecule has 134 valence electrons. The second kappa shape index (κ2) is 8.13. The molecule has 0 aliphatic rings. The Bertz CT molecular complexity index is 544. The second-order valence-electron chi connectivity index (χ2n) is 7.59. The van der Waals surface area contributed by atoms with Gasteiger partial charge in [0.25, 0.3) is 0 Å². The molecule has 1 rings (SSSR count). The monoisotopic (exact) mass is 336 g/mol. The standard InChI is InChI=1S/C18H28N2O4/c1-17(2,3)23-15(21)8-7-14(16(22)24-18(4,5)6)20-13-9-11-19-12-10-13/h9-12,14H,7-8H2,1-6H3,(H,19,20)/t14-/m0/s1. The Labute approximate surface area is 143 Å². The van der Waals surface area contributed by atoms with Crippen molar-refractivity contribution in [1.82, 2.24) is 4.98 Å². The smallest absolute Gasteiger partial charge is 0.329 e. The van der Waals surface area contributed by atoms with Gasteiger partial charge in [0.15, 0.2) is 0 Å². The molecule has 0 fully saturated rings. The largest absolute Gasteiger partial charge is 0.460 e. The van der Waals surface area contributed by atoms with Crippen LogP contribution in [0.1, 0.15) is 54.4 Å². The van der Waals surface area contributed by atoms with Crippen LogP contribution >= 0.6 is 0 Å². The molecule has 0 amide bonds. The number of aromatic nitrogens is 1. The number of esters is 2. The zero-order chi connectivity index (χ0) is 18.4. The molecular weight excluding hydrogens is 308 g/mol. The number of nitrogens with one attached hydrogen (secondary N) is 1. The van der Waals surface area contributed by atoms with Crippen LogP contribution in [0.15, 0.2) is 24.5 Å². The maximum Gasteiger partial charge on any atom is 0.329 e. The van der Waals surface area contributed by atoms with E-state index in [1.54, 1.807) is 24.5 Å². The van der Waals surface area contributed by atoms with Crippen molar-refractivity contribution in [2.75, 3.05) is 5.32 Å². The molecule has 6 nitrogen and oxygen atoms in total. The molecule has 0 bridgehead atoms. The van der Waals surface area contributed by atoms with Gasteiger partial charge in [0.05, 0.1) is 0 Å². The van der Waals surface area contributed by atoms with Gasteiger partial charge in [-0.15, -0.1) is 0 Å². The summed E-state index contributed by atoms with van der Waals surface area (Å²) in [5.74, 6) is -0.740. The molecule has 0 saturated heterocycles. The van der Waals surface area contributed by atoms with Crippen molar-refractivity contribution < 1.29 is 19.1 Å². The number of pyridine rings is 1. The van der Waals surface area contributed by atoms with E-state index >= 15 is 0 Å². The van der Waals surface area contributed by atoms with Crippen molar-refractivity contribution in [3.63, 3.8) is 0 Å². The number of anilines is 1. The normalized spacial score (nSPS) is 13.1. The highest BCUT2D eigenvalue weighted by atomic mass is 16.6. The van der Waals surface area contributed by atoms with Crippen LogP contribution in [-0.4, -0.2) is 34.2 Å². The third kappa shape index (κ3) is 8.50. The third-order valence-electron chi connectivity index (χ3n) is 2.77. The minimum absolute atomic E-state index is 0.124. The van der Waals surface area contributed by atoms with E-state index in [0.717, 1.165) is 5.69 Å². The number of nitrogens with zero attached hydrogens (tertiary/aromatic N) is 1. The number of hydrogen-bond donors (Lipinski definition) is 1. The fraction of sp³-hybridized carbons (Fsp3) is 0.611. The molecule has 1 atom stereocenters. The molecule has 0 aliphatic carbocycles. The molecule has 0 saturated carbocycles. The first-order valence-corrected chi connectivity index (χ1v) is 8.07. The molecular formula is C18H28N2O4. The van der Waals surface area contributed by atoms with E-state index < -0.39 is 23.2 Å². The Morgan fingerprint density at radius 2 is 1.58 bits per heavy atom. The average Bonchev–Trinajstić information content (AvgIpc) is 2.40. The van der Waals surface area contributed by atoms with Gasteiger partial charge < -0.3 is 14.8 Å². The molecule has 1 aromatic heterocycles. The summed E-state index contributed by atoms with van der Waals surface area (Å²) >= 11 is 0. The van der Waals surface area contributed by atoms with Gasteiger partial charge in [0.2, 0.25) is 0 Å². The van der Waals surface area contributed by atoms with Gasteiger partial charge in [-0.2, -0.15) is 0 Å². The minimum atomic E-state index is -0.640. The third-order valence-corrected chi connectivity index (χ3v) is 2.77. The van der Waals surface area contributed by atoms with E-state index in [-0.39, 0.29) is 18.8 Å². The molecule has 24 heavy (non-hydrogen) atoms. The van der Waals surface area contributed by atoms with Crippen LogP contribution in [0.25, 0.3) is 0 Å². The molecule has 6 heteroatoms. The Hall–Kier alpha value is -2.11. The fourth-order valence-corrected chi connectivity index (χ4v) is 1.93. The van der Waals surface area contributed by atoms with E-state index in [4.69, 9.17) is 9.47 Å². The van der Waals surface area contributed by atoms with Crippen LogP contribution < -0.4 is 5.32 Å². The Kier molecular flexibility index (Phi) is 6.75. The zero-order valence-corrected chi connectivity index (χ0v) is 15.4. The molecule has 0 aliphatic heterocycles. The van der Waals surface area contributed by atoms with Crippen molar-refractivity contribution in [3.8, 4) is 0 Å². The Morgan fingerprint density at radius 3 is 2.08 bits per heavy atom. The predicted molar refractivity (Wildman–Crippen MR) is 92.6 cm³/mol. The van der Waals surface area contributed by atoms with Gasteiger partial charge in [-0.25, -0.2) is 4.79 Å². The van der Waals surface area contributed by atoms with Crippen LogP contribution in [0.4, 0.5) is 5.69 Å². The van der Waals surface area contributed by atoms with Gasteiger partial charge in [-0.1, -0.05) is 0 Å². The highest BCUT2D eigenvalue weighted by Gasteiger charge is 2.27. The molecule has 0 radical (unpaired) electrons. The van der Waals surface area contributed by atoms with Crippen molar-refractivity contribution in [3.05, 3.63) is 24.5 Å². The Morgan fingerprint density at radius 1 is 1.04 bits per heavy atom. The minimum Gasteiger partial charge on any atom is -0.460 e. The van der Waals surface area contributed by atoms with Crippen molar-refractivity contribution in [1.29, 1.82) is 0 Å².